The van der Waals surface area contributed by atoms with Gasteiger partial charge in [-0.1, -0.05) is 13.8 Å². The molecule has 0 unspecified atom stereocenters. The maximum Gasteiger partial charge on any atom is 0.0594 e. The molecule has 5 heteroatoms. The third-order valence-electron chi connectivity index (χ3n) is 0.771. The molecule has 0 aliphatic heterocycles. The summed E-state index contributed by atoms with van der Waals surface area (Å²) in [4.78, 5) is 0. The van der Waals surface area contributed by atoms with Crippen LogP contribution in [0.25, 0.3) is 0 Å². The normalized spacial score (nSPS) is 12.4. The van der Waals surface area contributed by atoms with Crippen LogP contribution in [0, 0.1) is 0 Å². The lowest BCUT2D eigenvalue weighted by atomic mass is 10.6. The standard InChI is InChI=1S/C3H10ClNO2S.C2H6/c1-3(2)8(6,7)5-4;1-2/h3,5-7H,1-2H3;1-2H3. The van der Waals surface area contributed by atoms with E-state index in [0.717, 1.165) is 0 Å². The van der Waals surface area contributed by atoms with E-state index in [-0.39, 0.29) is 5.25 Å². The first-order chi connectivity index (χ1) is 4.50. The van der Waals surface area contributed by atoms with E-state index in [1.165, 1.54) is 0 Å². The van der Waals surface area contributed by atoms with E-state index in [9.17, 15) is 0 Å². The van der Waals surface area contributed by atoms with E-state index >= 15 is 0 Å². The summed E-state index contributed by atoms with van der Waals surface area (Å²) in [6, 6.07) is 0. The van der Waals surface area contributed by atoms with Crippen molar-refractivity contribution in [3.05, 3.63) is 0 Å². The highest BCUT2D eigenvalue weighted by Gasteiger charge is 2.13. The third kappa shape index (κ3) is 5.32. The van der Waals surface area contributed by atoms with Crippen LogP contribution in [0.4, 0.5) is 0 Å². The van der Waals surface area contributed by atoms with Gasteiger partial charge in [-0.05, 0) is 25.6 Å². The quantitative estimate of drug-likeness (QED) is 0.586. The molecule has 0 aliphatic carbocycles. The van der Waals surface area contributed by atoms with Crippen molar-refractivity contribution < 1.29 is 9.11 Å². The Hall–Kier alpha value is 0.520. The van der Waals surface area contributed by atoms with Crippen molar-refractivity contribution in [1.82, 2.24) is 4.24 Å². The van der Waals surface area contributed by atoms with E-state index in [2.05, 4.69) is 0 Å². The van der Waals surface area contributed by atoms with Gasteiger partial charge in [0.15, 0.2) is 0 Å². The van der Waals surface area contributed by atoms with Crippen LogP contribution in [0.1, 0.15) is 27.7 Å². The maximum atomic E-state index is 8.80. The molecule has 3 nitrogen and oxygen atoms in total. The predicted molar refractivity (Wildman–Crippen MR) is 48.3 cm³/mol. The fourth-order valence-corrected chi connectivity index (χ4v) is 0.802. The molecule has 0 aromatic rings. The first-order valence-electron chi connectivity index (χ1n) is 3.15. The van der Waals surface area contributed by atoms with Crippen molar-refractivity contribution >= 4 is 22.6 Å². The van der Waals surface area contributed by atoms with Crippen LogP contribution in [0.15, 0.2) is 0 Å². The second-order valence-corrected chi connectivity index (χ2v) is 4.46. The molecule has 3 N–H and O–H groups in total. The van der Waals surface area contributed by atoms with Crippen LogP contribution in [0.5, 0.6) is 0 Å². The number of hydrogen-bond donors (Lipinski definition) is 3. The van der Waals surface area contributed by atoms with Crippen molar-refractivity contribution in [2.24, 2.45) is 0 Å². The van der Waals surface area contributed by atoms with Gasteiger partial charge < -0.3 is 0 Å². The second kappa shape index (κ2) is 6.24. The Balaban J connectivity index is 0. The highest BCUT2D eigenvalue weighted by atomic mass is 35.5. The van der Waals surface area contributed by atoms with Gasteiger partial charge in [0, 0.05) is 0 Å². The van der Waals surface area contributed by atoms with E-state index in [0.29, 0.717) is 0 Å². The first kappa shape index (κ1) is 13.1. The number of rotatable bonds is 2. The first-order valence-corrected chi connectivity index (χ1v) is 5.14. The van der Waals surface area contributed by atoms with Crippen molar-refractivity contribution in [2.45, 2.75) is 32.9 Å². The third-order valence-corrected chi connectivity index (χ3v) is 2.99. The lowest BCUT2D eigenvalue weighted by Crippen LogP contribution is -2.18. The van der Waals surface area contributed by atoms with Crippen molar-refractivity contribution in [3.63, 3.8) is 0 Å². The zero-order chi connectivity index (χ0) is 8.78. The van der Waals surface area contributed by atoms with Gasteiger partial charge in [0.2, 0.25) is 0 Å². The fourth-order valence-electron chi connectivity index (χ4n) is 0.0891. The van der Waals surface area contributed by atoms with Crippen molar-refractivity contribution in [2.75, 3.05) is 0 Å². The molecule has 0 saturated carbocycles. The van der Waals surface area contributed by atoms with E-state index in [4.69, 9.17) is 20.9 Å². The molecule has 0 radical (unpaired) electrons. The van der Waals surface area contributed by atoms with Gasteiger partial charge in [-0.2, -0.15) is 0 Å². The molecule has 0 aliphatic rings. The monoisotopic (exact) mass is 189 g/mol. The van der Waals surface area contributed by atoms with Gasteiger partial charge in [0.1, 0.15) is 0 Å². The van der Waals surface area contributed by atoms with Gasteiger partial charge in [0.25, 0.3) is 0 Å². The van der Waals surface area contributed by atoms with Gasteiger partial charge in [0.05, 0.1) is 5.25 Å². The molecule has 0 aromatic carbocycles. The molecule has 0 amide bonds. The Morgan fingerprint density at radius 1 is 1.30 bits per heavy atom. The van der Waals surface area contributed by atoms with Gasteiger partial charge in [-0.15, -0.1) is 15.0 Å². The Morgan fingerprint density at radius 3 is 1.60 bits per heavy atom. The average molecular weight is 190 g/mol. The minimum absolute atomic E-state index is 0.236. The van der Waals surface area contributed by atoms with Crippen molar-refractivity contribution in [1.29, 1.82) is 0 Å². The van der Waals surface area contributed by atoms with Crippen LogP contribution in [-0.2, 0) is 0 Å². The van der Waals surface area contributed by atoms with E-state index < -0.39 is 10.8 Å². The maximum absolute atomic E-state index is 8.80. The Morgan fingerprint density at radius 2 is 1.60 bits per heavy atom. The van der Waals surface area contributed by atoms with E-state index in [1.807, 2.05) is 18.1 Å². The molecular weight excluding hydrogens is 174 g/mol. The zero-order valence-electron chi connectivity index (χ0n) is 6.76. The molecule has 0 atom stereocenters. The molecule has 0 saturated heterocycles. The number of halogens is 1. The molecule has 0 rings (SSSR count). The average Bonchev–Trinajstić information content (AvgIpc) is 1.92. The molecule has 66 valence electrons. The summed E-state index contributed by atoms with van der Waals surface area (Å²) >= 11 is 4.98. The van der Waals surface area contributed by atoms with Gasteiger partial charge >= 0.3 is 0 Å². The highest BCUT2D eigenvalue weighted by Crippen LogP contribution is 2.39. The minimum atomic E-state index is -2.72. The molecule has 0 heterocycles. The Kier molecular flexibility index (Phi) is 8.20. The van der Waals surface area contributed by atoms with Crippen LogP contribution < -0.4 is 4.24 Å². The minimum Gasteiger partial charge on any atom is -0.285 e. The predicted octanol–water partition coefficient (Wildman–Crippen LogP) is 2.83. The molecule has 0 fully saturated rings. The van der Waals surface area contributed by atoms with Crippen LogP contribution >= 0.6 is 22.6 Å². The van der Waals surface area contributed by atoms with Gasteiger partial charge in [-0.3, -0.25) is 9.11 Å². The highest BCUT2D eigenvalue weighted by molar-refractivity contribution is 8.23. The largest absolute Gasteiger partial charge is 0.285 e. The summed E-state index contributed by atoms with van der Waals surface area (Å²) < 4.78 is 19.5. The SMILES string of the molecule is CC.CC(C)S(O)(O)NCl. The second-order valence-electron chi connectivity index (χ2n) is 1.72. The molecular formula is C5H16ClNO2S. The molecule has 0 aromatic heterocycles. The number of nitrogens with one attached hydrogen (secondary N) is 1. The summed E-state index contributed by atoms with van der Waals surface area (Å²) in [6.45, 7) is 7.34. The molecule has 10 heavy (non-hydrogen) atoms. The zero-order valence-corrected chi connectivity index (χ0v) is 8.33. The summed E-state index contributed by atoms with van der Waals surface area (Å²) in [6.07, 6.45) is 0. The van der Waals surface area contributed by atoms with Crippen molar-refractivity contribution in [3.8, 4) is 0 Å². The number of hydrogen-bond acceptors (Lipinski definition) is 3. The fraction of sp³-hybridized carbons (Fsp3) is 1.00. The van der Waals surface area contributed by atoms with E-state index in [1.54, 1.807) is 13.8 Å². The lowest BCUT2D eigenvalue weighted by molar-refractivity contribution is 0.473. The summed E-state index contributed by atoms with van der Waals surface area (Å²) in [7, 11) is -2.72. The topological polar surface area (TPSA) is 52.5 Å². The Bertz CT molecular complexity index is 80.0. The van der Waals surface area contributed by atoms with Gasteiger partial charge in [-0.25, -0.2) is 0 Å². The molecule has 0 spiro atoms. The summed E-state index contributed by atoms with van der Waals surface area (Å²) in [5.74, 6) is 0. The Labute approximate surface area is 69.4 Å². The molecule has 0 bridgehead atoms. The van der Waals surface area contributed by atoms with Crippen LogP contribution in [-0.4, -0.2) is 14.4 Å². The lowest BCUT2D eigenvalue weighted by Gasteiger charge is -2.33. The summed E-state index contributed by atoms with van der Waals surface area (Å²) in [5, 5.41) is -0.236. The smallest absolute Gasteiger partial charge is 0.0594 e. The van der Waals surface area contributed by atoms with Crippen LogP contribution in [0.3, 0.4) is 0 Å². The van der Waals surface area contributed by atoms with Crippen LogP contribution in [0.2, 0.25) is 0 Å². The summed E-state index contributed by atoms with van der Waals surface area (Å²) in [5.41, 5.74) is 0.